The molecule has 0 aromatic heterocycles. The van der Waals surface area contributed by atoms with E-state index in [9.17, 15) is 4.79 Å². The first-order chi connectivity index (χ1) is 9.70. The Kier molecular flexibility index (Phi) is 5.45. The number of hydrogen-bond acceptors (Lipinski definition) is 2. The topological polar surface area (TPSA) is 29.5 Å². The fraction of sp³-hybridized carbons (Fsp3) is 0.588. The van der Waals surface area contributed by atoms with Crippen LogP contribution in [0, 0.1) is 6.92 Å². The van der Waals surface area contributed by atoms with Gasteiger partial charge < -0.3 is 9.64 Å². The van der Waals surface area contributed by atoms with Gasteiger partial charge in [0.15, 0.2) is 6.61 Å². The monoisotopic (exact) mass is 275 g/mol. The minimum Gasteiger partial charge on any atom is -0.484 e. The summed E-state index contributed by atoms with van der Waals surface area (Å²) in [4.78, 5) is 14.3. The average Bonchev–Trinajstić information content (AvgIpc) is 2.47. The van der Waals surface area contributed by atoms with E-state index >= 15 is 0 Å². The maximum Gasteiger partial charge on any atom is 0.260 e. The molecule has 2 rings (SSSR count). The zero-order chi connectivity index (χ0) is 14.4. The second-order valence-electron chi connectivity index (χ2n) is 5.58. The van der Waals surface area contributed by atoms with Crippen molar-refractivity contribution in [2.24, 2.45) is 0 Å². The van der Waals surface area contributed by atoms with Crippen LogP contribution in [0.4, 0.5) is 0 Å². The Balaban J connectivity index is 1.88. The number of ether oxygens (including phenoxy) is 1. The van der Waals surface area contributed by atoms with E-state index in [0.717, 1.165) is 30.7 Å². The second kappa shape index (κ2) is 7.32. The van der Waals surface area contributed by atoms with E-state index in [1.165, 1.54) is 19.3 Å². The Labute approximate surface area is 121 Å². The SMILES string of the molecule is CCN(C(=O)COc1cccc(C)c1)C1CCCCC1. The van der Waals surface area contributed by atoms with E-state index in [2.05, 4.69) is 6.92 Å². The van der Waals surface area contributed by atoms with Gasteiger partial charge in [0.05, 0.1) is 0 Å². The summed E-state index contributed by atoms with van der Waals surface area (Å²) in [6.45, 7) is 5.00. The molecule has 0 spiro atoms. The van der Waals surface area contributed by atoms with Crippen LogP contribution in [0.5, 0.6) is 5.75 Å². The molecular formula is C17H25NO2. The van der Waals surface area contributed by atoms with Gasteiger partial charge in [-0.2, -0.15) is 0 Å². The largest absolute Gasteiger partial charge is 0.484 e. The summed E-state index contributed by atoms with van der Waals surface area (Å²) in [7, 11) is 0. The van der Waals surface area contributed by atoms with Crippen LogP contribution in [0.25, 0.3) is 0 Å². The Morgan fingerprint density at radius 2 is 2.05 bits per heavy atom. The lowest BCUT2D eigenvalue weighted by Crippen LogP contribution is -2.43. The fourth-order valence-corrected chi connectivity index (χ4v) is 2.96. The molecule has 1 aliphatic rings. The van der Waals surface area contributed by atoms with Crippen molar-refractivity contribution in [3.05, 3.63) is 29.8 Å². The fourth-order valence-electron chi connectivity index (χ4n) is 2.96. The third kappa shape index (κ3) is 3.99. The highest BCUT2D eigenvalue weighted by atomic mass is 16.5. The first-order valence-electron chi connectivity index (χ1n) is 7.69. The molecule has 0 atom stereocenters. The van der Waals surface area contributed by atoms with Crippen LogP contribution in [0.2, 0.25) is 0 Å². The van der Waals surface area contributed by atoms with Crippen LogP contribution in [0.3, 0.4) is 0 Å². The van der Waals surface area contributed by atoms with Gasteiger partial charge in [-0.1, -0.05) is 31.4 Å². The summed E-state index contributed by atoms with van der Waals surface area (Å²) < 4.78 is 5.63. The van der Waals surface area contributed by atoms with E-state index in [4.69, 9.17) is 4.74 Å². The molecule has 1 saturated carbocycles. The molecular weight excluding hydrogens is 250 g/mol. The third-order valence-corrected chi connectivity index (χ3v) is 4.03. The van der Waals surface area contributed by atoms with Gasteiger partial charge in [0.25, 0.3) is 5.91 Å². The van der Waals surface area contributed by atoms with E-state index in [1.54, 1.807) is 0 Å². The van der Waals surface area contributed by atoms with Crippen LogP contribution < -0.4 is 4.74 Å². The lowest BCUT2D eigenvalue weighted by molar-refractivity contribution is -0.136. The van der Waals surface area contributed by atoms with E-state index in [-0.39, 0.29) is 12.5 Å². The van der Waals surface area contributed by atoms with E-state index in [1.807, 2.05) is 36.1 Å². The molecule has 1 fully saturated rings. The van der Waals surface area contributed by atoms with Crippen molar-refractivity contribution in [1.29, 1.82) is 0 Å². The Bertz CT molecular complexity index is 438. The second-order valence-corrected chi connectivity index (χ2v) is 5.58. The van der Waals surface area contributed by atoms with Crippen molar-refractivity contribution in [3.63, 3.8) is 0 Å². The highest BCUT2D eigenvalue weighted by Crippen LogP contribution is 2.22. The van der Waals surface area contributed by atoms with Gasteiger partial charge in [-0.05, 0) is 44.4 Å². The number of likely N-dealkylation sites (N-methyl/N-ethyl adjacent to an activating group) is 1. The van der Waals surface area contributed by atoms with Gasteiger partial charge in [0.2, 0.25) is 0 Å². The number of nitrogens with zero attached hydrogens (tertiary/aromatic N) is 1. The number of amides is 1. The molecule has 0 aliphatic heterocycles. The normalized spacial score (nSPS) is 15.9. The number of hydrogen-bond donors (Lipinski definition) is 0. The zero-order valence-corrected chi connectivity index (χ0v) is 12.6. The number of carbonyl (C=O) groups excluding carboxylic acids is 1. The minimum atomic E-state index is 0.112. The van der Waals surface area contributed by atoms with Gasteiger partial charge in [0.1, 0.15) is 5.75 Å². The predicted molar refractivity (Wildman–Crippen MR) is 80.9 cm³/mol. The Morgan fingerprint density at radius 3 is 2.70 bits per heavy atom. The summed E-state index contributed by atoms with van der Waals surface area (Å²) in [5.74, 6) is 0.888. The van der Waals surface area contributed by atoms with Crippen LogP contribution in [0.1, 0.15) is 44.6 Å². The Hall–Kier alpha value is -1.51. The summed E-state index contributed by atoms with van der Waals surface area (Å²) >= 11 is 0. The molecule has 0 bridgehead atoms. The first-order valence-corrected chi connectivity index (χ1v) is 7.69. The number of aryl methyl sites for hydroxylation is 1. The van der Waals surface area contributed by atoms with Gasteiger partial charge in [-0.25, -0.2) is 0 Å². The highest BCUT2D eigenvalue weighted by molar-refractivity contribution is 5.78. The maximum atomic E-state index is 12.3. The lowest BCUT2D eigenvalue weighted by Gasteiger charge is -2.33. The molecule has 0 unspecified atom stereocenters. The molecule has 110 valence electrons. The molecule has 1 amide bonds. The highest BCUT2D eigenvalue weighted by Gasteiger charge is 2.24. The molecule has 1 aliphatic carbocycles. The van der Waals surface area contributed by atoms with Gasteiger partial charge in [-0.3, -0.25) is 4.79 Å². The number of benzene rings is 1. The number of carbonyl (C=O) groups is 1. The third-order valence-electron chi connectivity index (χ3n) is 4.03. The predicted octanol–water partition coefficient (Wildman–Crippen LogP) is 3.56. The van der Waals surface area contributed by atoms with Crippen molar-refractivity contribution in [1.82, 2.24) is 4.90 Å². The van der Waals surface area contributed by atoms with Gasteiger partial charge in [0, 0.05) is 12.6 Å². The molecule has 0 radical (unpaired) electrons. The van der Waals surface area contributed by atoms with Crippen molar-refractivity contribution in [3.8, 4) is 5.75 Å². The molecule has 1 aromatic carbocycles. The van der Waals surface area contributed by atoms with Crippen LogP contribution in [0.15, 0.2) is 24.3 Å². The van der Waals surface area contributed by atoms with Gasteiger partial charge in [-0.15, -0.1) is 0 Å². The molecule has 0 heterocycles. The van der Waals surface area contributed by atoms with Crippen molar-refractivity contribution in [2.75, 3.05) is 13.2 Å². The zero-order valence-electron chi connectivity index (χ0n) is 12.6. The van der Waals surface area contributed by atoms with Crippen LogP contribution in [-0.4, -0.2) is 30.0 Å². The molecule has 20 heavy (non-hydrogen) atoms. The summed E-state index contributed by atoms with van der Waals surface area (Å²) in [5.41, 5.74) is 1.15. The Morgan fingerprint density at radius 1 is 1.30 bits per heavy atom. The van der Waals surface area contributed by atoms with Crippen molar-refractivity contribution in [2.45, 2.75) is 52.0 Å². The van der Waals surface area contributed by atoms with E-state index < -0.39 is 0 Å². The maximum absolute atomic E-state index is 12.3. The lowest BCUT2D eigenvalue weighted by atomic mass is 9.94. The summed E-state index contributed by atoms with van der Waals surface area (Å²) in [6.07, 6.45) is 6.08. The molecule has 1 aromatic rings. The van der Waals surface area contributed by atoms with Crippen molar-refractivity contribution >= 4 is 5.91 Å². The average molecular weight is 275 g/mol. The molecule has 0 N–H and O–H groups in total. The van der Waals surface area contributed by atoms with Crippen molar-refractivity contribution < 1.29 is 9.53 Å². The van der Waals surface area contributed by atoms with Crippen LogP contribution in [-0.2, 0) is 4.79 Å². The summed E-state index contributed by atoms with van der Waals surface area (Å²) in [6, 6.07) is 8.26. The molecule has 3 nitrogen and oxygen atoms in total. The first kappa shape index (κ1) is 14.9. The van der Waals surface area contributed by atoms with Gasteiger partial charge >= 0.3 is 0 Å². The van der Waals surface area contributed by atoms with Crippen LogP contribution >= 0.6 is 0 Å². The van der Waals surface area contributed by atoms with E-state index in [0.29, 0.717) is 6.04 Å². The quantitative estimate of drug-likeness (QED) is 0.822. The summed E-state index contributed by atoms with van der Waals surface area (Å²) in [5, 5.41) is 0. The molecule has 3 heteroatoms. The molecule has 0 saturated heterocycles. The standard InChI is InChI=1S/C17H25NO2/c1-3-18(15-9-5-4-6-10-15)17(19)13-20-16-11-7-8-14(2)12-16/h7-8,11-12,15H,3-6,9-10,13H2,1-2H3. The smallest absolute Gasteiger partial charge is 0.260 e. The number of rotatable bonds is 5. The minimum absolute atomic E-state index is 0.112.